The number of rotatable bonds is 51. The number of carbonyl (C=O) groups is 1. The van der Waals surface area contributed by atoms with Crippen LogP contribution in [0.2, 0.25) is 0 Å². The molecule has 0 spiro atoms. The van der Waals surface area contributed by atoms with Gasteiger partial charge in [-0.25, -0.2) is 0 Å². The summed E-state index contributed by atoms with van der Waals surface area (Å²) in [4.78, 5) is 12.5. The van der Waals surface area contributed by atoms with Gasteiger partial charge in [-0.3, -0.25) is 4.79 Å². The summed E-state index contributed by atoms with van der Waals surface area (Å²) in [6, 6.07) is -0.804. The maximum atomic E-state index is 12.5. The molecule has 0 heterocycles. The molecule has 59 heavy (non-hydrogen) atoms. The minimum absolute atomic E-state index is 0.136. The molecular formula is C54H109NO4. The zero-order valence-electron chi connectivity index (χ0n) is 40.4. The molecule has 0 aromatic heterocycles. The topological polar surface area (TPSA) is 89.8 Å². The van der Waals surface area contributed by atoms with Gasteiger partial charge in [-0.2, -0.15) is 0 Å². The Bertz CT molecular complexity index is 792. The van der Waals surface area contributed by atoms with E-state index in [9.17, 15) is 20.1 Å². The Balaban J connectivity index is 3.50. The van der Waals surface area contributed by atoms with Gasteiger partial charge in [0.05, 0.1) is 18.8 Å². The smallest absolute Gasteiger partial charge is 0.220 e. The highest BCUT2D eigenvalue weighted by molar-refractivity contribution is 5.76. The fourth-order valence-corrected chi connectivity index (χ4v) is 8.99. The van der Waals surface area contributed by atoms with Gasteiger partial charge in [0.15, 0.2) is 0 Å². The lowest BCUT2D eigenvalue weighted by Crippen LogP contribution is -2.50. The first kappa shape index (κ1) is 58.4. The molecule has 4 N–H and O–H groups in total. The average molecular weight is 836 g/mol. The lowest BCUT2D eigenvalue weighted by Gasteiger charge is -2.26. The van der Waals surface area contributed by atoms with E-state index < -0.39 is 18.2 Å². The molecule has 1 amide bonds. The molecule has 0 rings (SSSR count). The predicted octanol–water partition coefficient (Wildman–Crippen LogP) is 16.6. The minimum Gasteiger partial charge on any atom is -0.394 e. The molecule has 0 aromatic carbocycles. The lowest BCUT2D eigenvalue weighted by molar-refractivity contribution is -0.124. The number of hydrogen-bond donors (Lipinski definition) is 4. The molecular weight excluding hydrogens is 727 g/mol. The molecule has 0 aromatic rings. The van der Waals surface area contributed by atoms with Crippen molar-refractivity contribution in [3.63, 3.8) is 0 Å². The van der Waals surface area contributed by atoms with Crippen LogP contribution in [0.3, 0.4) is 0 Å². The largest absolute Gasteiger partial charge is 0.394 e. The first-order valence-electron chi connectivity index (χ1n) is 27.3. The van der Waals surface area contributed by atoms with Gasteiger partial charge in [-0.05, 0) is 12.8 Å². The van der Waals surface area contributed by atoms with Gasteiger partial charge in [0.25, 0.3) is 0 Å². The van der Waals surface area contributed by atoms with E-state index in [4.69, 9.17) is 0 Å². The Morgan fingerprint density at radius 2 is 0.576 bits per heavy atom. The standard InChI is InChI=1S/C54H109NO4/c1-3-5-7-9-11-13-15-17-19-21-23-25-26-27-29-30-32-34-36-38-40-42-44-46-48-52(57)54(59)51(50-56)55-53(58)49-47-45-43-41-39-37-35-33-31-28-24-22-20-18-16-14-12-10-8-6-4-2/h51-52,54,56-57,59H,3-50H2,1-2H3,(H,55,58). The van der Waals surface area contributed by atoms with Crippen molar-refractivity contribution in [1.82, 2.24) is 5.32 Å². The Morgan fingerprint density at radius 1 is 0.356 bits per heavy atom. The van der Waals surface area contributed by atoms with Crippen molar-refractivity contribution in [2.24, 2.45) is 0 Å². The Hall–Kier alpha value is -0.650. The third-order valence-corrected chi connectivity index (χ3v) is 13.2. The van der Waals surface area contributed by atoms with Gasteiger partial charge >= 0.3 is 0 Å². The van der Waals surface area contributed by atoms with Gasteiger partial charge in [0.2, 0.25) is 5.91 Å². The van der Waals surface area contributed by atoms with Gasteiger partial charge in [0.1, 0.15) is 6.10 Å². The molecule has 0 fully saturated rings. The van der Waals surface area contributed by atoms with Crippen molar-refractivity contribution in [1.29, 1.82) is 0 Å². The van der Waals surface area contributed by atoms with Crippen LogP contribution in [0.4, 0.5) is 0 Å². The molecule has 0 saturated heterocycles. The van der Waals surface area contributed by atoms with Crippen LogP contribution in [0.15, 0.2) is 0 Å². The van der Waals surface area contributed by atoms with Crippen LogP contribution in [-0.2, 0) is 4.79 Å². The van der Waals surface area contributed by atoms with E-state index in [0.29, 0.717) is 12.8 Å². The summed E-state index contributed by atoms with van der Waals surface area (Å²) in [5.41, 5.74) is 0. The van der Waals surface area contributed by atoms with E-state index in [1.54, 1.807) is 0 Å². The Kier molecular flexibility index (Phi) is 49.4. The zero-order valence-corrected chi connectivity index (χ0v) is 40.4. The van der Waals surface area contributed by atoms with Crippen LogP contribution in [0, 0.1) is 0 Å². The number of unbranched alkanes of at least 4 members (excludes halogenated alkanes) is 43. The maximum absolute atomic E-state index is 12.5. The van der Waals surface area contributed by atoms with E-state index in [0.717, 1.165) is 32.1 Å². The van der Waals surface area contributed by atoms with Gasteiger partial charge in [0, 0.05) is 6.42 Å². The van der Waals surface area contributed by atoms with Crippen LogP contribution in [0.1, 0.15) is 316 Å². The first-order valence-corrected chi connectivity index (χ1v) is 27.3. The van der Waals surface area contributed by atoms with Gasteiger partial charge in [-0.15, -0.1) is 0 Å². The number of aliphatic hydroxyl groups is 3. The summed E-state index contributed by atoms with van der Waals surface area (Å²) in [6.45, 7) is 4.23. The molecule has 0 saturated carbocycles. The summed E-state index contributed by atoms with van der Waals surface area (Å²) in [6.07, 6.45) is 59.6. The monoisotopic (exact) mass is 836 g/mol. The molecule has 0 bridgehead atoms. The first-order chi connectivity index (χ1) is 29.1. The zero-order chi connectivity index (χ0) is 43.0. The lowest BCUT2D eigenvalue weighted by atomic mass is 9.99. The molecule has 5 nitrogen and oxygen atoms in total. The van der Waals surface area contributed by atoms with Crippen LogP contribution in [0.25, 0.3) is 0 Å². The van der Waals surface area contributed by atoms with E-state index in [2.05, 4.69) is 19.2 Å². The van der Waals surface area contributed by atoms with E-state index in [1.165, 1.54) is 257 Å². The number of carbonyl (C=O) groups excluding carboxylic acids is 1. The summed E-state index contributed by atoms with van der Waals surface area (Å²) in [7, 11) is 0. The highest BCUT2D eigenvalue weighted by Crippen LogP contribution is 2.18. The molecule has 0 aliphatic carbocycles. The molecule has 5 heteroatoms. The average Bonchev–Trinajstić information content (AvgIpc) is 3.24. The molecule has 0 radical (unpaired) electrons. The summed E-state index contributed by atoms with van der Waals surface area (Å²) in [5, 5.41) is 33.8. The normalized spacial score (nSPS) is 13.2. The fraction of sp³-hybridized carbons (Fsp3) is 0.981. The highest BCUT2D eigenvalue weighted by Gasteiger charge is 2.26. The minimum atomic E-state index is -1.13. The van der Waals surface area contributed by atoms with Crippen LogP contribution in [-0.4, -0.2) is 46.1 Å². The molecule has 0 aliphatic rings. The Morgan fingerprint density at radius 3 is 0.814 bits per heavy atom. The van der Waals surface area contributed by atoms with Crippen LogP contribution in [0.5, 0.6) is 0 Å². The predicted molar refractivity (Wildman–Crippen MR) is 259 cm³/mol. The SMILES string of the molecule is CCCCCCCCCCCCCCCCCCCCCCCCCCC(O)C(O)C(CO)NC(=O)CCCCCCCCCCCCCCCCCCCCCCC. The van der Waals surface area contributed by atoms with Crippen molar-refractivity contribution in [3.8, 4) is 0 Å². The molecule has 354 valence electrons. The number of nitrogens with one attached hydrogen (secondary N) is 1. The second-order valence-electron chi connectivity index (χ2n) is 19.2. The number of hydrogen-bond acceptors (Lipinski definition) is 4. The second-order valence-corrected chi connectivity index (χ2v) is 19.2. The third-order valence-electron chi connectivity index (χ3n) is 13.2. The second kappa shape index (κ2) is 50.0. The summed E-state index contributed by atoms with van der Waals surface area (Å²) in [5.74, 6) is -0.136. The van der Waals surface area contributed by atoms with E-state index in [1.807, 2.05) is 0 Å². The fourth-order valence-electron chi connectivity index (χ4n) is 8.99. The van der Waals surface area contributed by atoms with Crippen LogP contribution >= 0.6 is 0 Å². The van der Waals surface area contributed by atoms with E-state index in [-0.39, 0.29) is 12.5 Å². The molecule has 3 atom stereocenters. The number of amides is 1. The van der Waals surface area contributed by atoms with Crippen molar-refractivity contribution in [2.45, 2.75) is 334 Å². The third kappa shape index (κ3) is 45.2. The van der Waals surface area contributed by atoms with Crippen LogP contribution < -0.4 is 5.32 Å². The summed E-state index contributed by atoms with van der Waals surface area (Å²) >= 11 is 0. The Labute approximate surface area is 370 Å². The van der Waals surface area contributed by atoms with Gasteiger partial charge < -0.3 is 20.6 Å². The van der Waals surface area contributed by atoms with Crippen molar-refractivity contribution in [3.05, 3.63) is 0 Å². The number of aliphatic hydroxyl groups excluding tert-OH is 3. The van der Waals surface area contributed by atoms with Gasteiger partial charge in [-0.1, -0.05) is 296 Å². The van der Waals surface area contributed by atoms with E-state index >= 15 is 0 Å². The highest BCUT2D eigenvalue weighted by atomic mass is 16.3. The molecule has 0 aliphatic heterocycles. The maximum Gasteiger partial charge on any atom is 0.220 e. The van der Waals surface area contributed by atoms with Crippen molar-refractivity contribution >= 4 is 5.91 Å². The van der Waals surface area contributed by atoms with Crippen molar-refractivity contribution in [2.75, 3.05) is 6.61 Å². The summed E-state index contributed by atoms with van der Waals surface area (Å²) < 4.78 is 0. The quantitative estimate of drug-likeness (QED) is 0.0460. The molecule has 3 unspecified atom stereocenters. The van der Waals surface area contributed by atoms with Crippen molar-refractivity contribution < 1.29 is 20.1 Å².